The van der Waals surface area contributed by atoms with Gasteiger partial charge in [-0.2, -0.15) is 0 Å². The molecule has 0 spiro atoms. The number of nitrogens with zero attached hydrogens (tertiary/aromatic N) is 2. The molecule has 0 saturated carbocycles. The molecule has 0 aromatic carbocycles. The fourth-order valence-electron chi connectivity index (χ4n) is 1.26. The number of nitrogens with one attached hydrogen (secondary N) is 1. The van der Waals surface area contributed by atoms with Crippen molar-refractivity contribution in [3.05, 3.63) is 30.1 Å². The normalized spacial score (nSPS) is 14.4. The fourth-order valence-corrected chi connectivity index (χ4v) is 2.52. The molecule has 0 saturated heterocycles. The van der Waals surface area contributed by atoms with Crippen LogP contribution in [0.4, 0.5) is 0 Å². The number of hydrogen-bond acceptors (Lipinski definition) is 5. The highest BCUT2D eigenvalue weighted by Crippen LogP contribution is 1.98. The van der Waals surface area contributed by atoms with Crippen molar-refractivity contribution in [2.45, 2.75) is 19.4 Å². The van der Waals surface area contributed by atoms with E-state index in [2.05, 4.69) is 14.9 Å². The first-order chi connectivity index (χ1) is 8.44. The summed E-state index contributed by atoms with van der Waals surface area (Å²) in [4.78, 5) is 4.03. The van der Waals surface area contributed by atoms with Crippen LogP contribution >= 0.6 is 0 Å². The van der Waals surface area contributed by atoms with E-state index < -0.39 is 16.1 Å². The van der Waals surface area contributed by atoms with Gasteiger partial charge < -0.3 is 10.9 Å². The van der Waals surface area contributed by atoms with Gasteiger partial charge in [0.2, 0.25) is 10.0 Å². The Morgan fingerprint density at radius 3 is 2.89 bits per heavy atom. The molecule has 8 heteroatoms. The Morgan fingerprint density at radius 1 is 1.61 bits per heavy atom. The first-order valence-electron chi connectivity index (χ1n) is 5.32. The van der Waals surface area contributed by atoms with Gasteiger partial charge >= 0.3 is 0 Å². The number of oxime groups is 1. The summed E-state index contributed by atoms with van der Waals surface area (Å²) < 4.78 is 25.7. The van der Waals surface area contributed by atoms with Crippen LogP contribution in [0.2, 0.25) is 0 Å². The van der Waals surface area contributed by atoms with Crippen molar-refractivity contribution in [3.8, 4) is 0 Å². The molecule has 1 aromatic rings. The Hall–Kier alpha value is -1.67. The van der Waals surface area contributed by atoms with Gasteiger partial charge in [0.25, 0.3) is 0 Å². The van der Waals surface area contributed by atoms with E-state index in [1.807, 2.05) is 0 Å². The molecular weight excluding hydrogens is 256 g/mol. The zero-order valence-electron chi connectivity index (χ0n) is 9.94. The fraction of sp³-hybridized carbons (Fsp3) is 0.400. The topological polar surface area (TPSA) is 118 Å². The van der Waals surface area contributed by atoms with Gasteiger partial charge in [-0.3, -0.25) is 4.98 Å². The maximum absolute atomic E-state index is 11.7. The summed E-state index contributed by atoms with van der Waals surface area (Å²) in [5, 5.41) is 11.2. The second-order valence-electron chi connectivity index (χ2n) is 3.75. The zero-order valence-corrected chi connectivity index (χ0v) is 10.8. The van der Waals surface area contributed by atoms with Gasteiger partial charge in [0, 0.05) is 18.3 Å². The second kappa shape index (κ2) is 6.31. The Balaban J connectivity index is 2.56. The van der Waals surface area contributed by atoms with E-state index in [4.69, 9.17) is 10.9 Å². The average molecular weight is 272 g/mol. The lowest BCUT2D eigenvalue weighted by molar-refractivity contribution is 0.316. The third-order valence-electron chi connectivity index (χ3n) is 2.27. The van der Waals surface area contributed by atoms with Crippen LogP contribution in [0.1, 0.15) is 12.6 Å². The predicted molar refractivity (Wildman–Crippen MR) is 67.7 cm³/mol. The molecule has 1 rings (SSSR count). The summed E-state index contributed by atoms with van der Waals surface area (Å²) in [6.07, 6.45) is 1.91. The minimum absolute atomic E-state index is 0.104. The predicted octanol–water partition coefficient (Wildman–Crippen LogP) is -0.322. The Labute approximate surface area is 106 Å². The van der Waals surface area contributed by atoms with E-state index in [1.54, 1.807) is 24.4 Å². The van der Waals surface area contributed by atoms with Crippen molar-refractivity contribution in [3.63, 3.8) is 0 Å². The summed E-state index contributed by atoms with van der Waals surface area (Å²) in [6.45, 7) is 1.49. The third-order valence-corrected chi connectivity index (χ3v) is 3.72. The molecular formula is C10H16N4O3S. The number of hydrogen-bond donors (Lipinski definition) is 3. The smallest absolute Gasteiger partial charge is 0.212 e. The summed E-state index contributed by atoms with van der Waals surface area (Å²) in [7, 11) is -3.50. The minimum atomic E-state index is -3.50. The summed E-state index contributed by atoms with van der Waals surface area (Å²) in [6, 6.07) is 4.56. The molecule has 4 N–H and O–H groups in total. The van der Waals surface area contributed by atoms with Crippen molar-refractivity contribution >= 4 is 15.9 Å². The zero-order chi connectivity index (χ0) is 13.6. The number of nitrogens with two attached hydrogens (primary N) is 1. The molecule has 0 aliphatic rings. The van der Waals surface area contributed by atoms with Crippen molar-refractivity contribution in [1.29, 1.82) is 0 Å². The monoisotopic (exact) mass is 272 g/mol. The van der Waals surface area contributed by atoms with E-state index in [-0.39, 0.29) is 11.6 Å². The molecule has 0 fully saturated rings. The van der Waals surface area contributed by atoms with Gasteiger partial charge in [-0.25, -0.2) is 13.1 Å². The molecule has 0 aliphatic heterocycles. The van der Waals surface area contributed by atoms with Gasteiger partial charge in [-0.15, -0.1) is 0 Å². The van der Waals surface area contributed by atoms with E-state index in [1.165, 1.54) is 6.92 Å². The first kappa shape index (κ1) is 14.4. The van der Waals surface area contributed by atoms with Crippen molar-refractivity contribution in [2.75, 3.05) is 5.75 Å². The second-order valence-corrected chi connectivity index (χ2v) is 5.63. The minimum Gasteiger partial charge on any atom is -0.409 e. The molecule has 7 nitrogen and oxygen atoms in total. The number of amidine groups is 1. The van der Waals surface area contributed by atoms with Crippen LogP contribution in [0.25, 0.3) is 0 Å². The molecule has 1 atom stereocenters. The molecule has 1 unspecified atom stereocenters. The number of sulfonamides is 1. The standard InChI is InChI=1S/C10H16N4O3S/c1-8(10(11)13-15)14-18(16,17)7-5-9-4-2-3-6-12-9/h2-4,6,8,14-15H,5,7H2,1H3,(H2,11,13). The lowest BCUT2D eigenvalue weighted by atomic mass is 10.3. The molecule has 100 valence electrons. The van der Waals surface area contributed by atoms with Crippen LogP contribution in [-0.2, 0) is 16.4 Å². The van der Waals surface area contributed by atoms with E-state index in [9.17, 15) is 8.42 Å². The molecule has 18 heavy (non-hydrogen) atoms. The quantitative estimate of drug-likeness (QED) is 0.284. The molecule has 0 bridgehead atoms. The van der Waals surface area contributed by atoms with E-state index in [0.717, 1.165) is 0 Å². The van der Waals surface area contributed by atoms with Gasteiger partial charge in [0.15, 0.2) is 5.84 Å². The highest BCUT2D eigenvalue weighted by Gasteiger charge is 2.17. The SMILES string of the molecule is CC(NS(=O)(=O)CCc1ccccn1)/C(N)=N/O. The summed E-state index contributed by atoms with van der Waals surface area (Å²) in [5.41, 5.74) is 5.99. The van der Waals surface area contributed by atoms with Crippen LogP contribution < -0.4 is 10.5 Å². The van der Waals surface area contributed by atoms with E-state index in [0.29, 0.717) is 12.1 Å². The van der Waals surface area contributed by atoms with Crippen molar-refractivity contribution in [1.82, 2.24) is 9.71 Å². The molecule has 0 aliphatic carbocycles. The van der Waals surface area contributed by atoms with E-state index >= 15 is 0 Å². The largest absolute Gasteiger partial charge is 0.409 e. The Morgan fingerprint density at radius 2 is 2.33 bits per heavy atom. The van der Waals surface area contributed by atoms with Gasteiger partial charge in [0.05, 0.1) is 11.8 Å². The van der Waals surface area contributed by atoms with Gasteiger partial charge in [-0.05, 0) is 19.1 Å². The molecule has 1 aromatic heterocycles. The summed E-state index contributed by atoms with van der Waals surface area (Å²) in [5.74, 6) is -0.288. The molecule has 0 radical (unpaired) electrons. The number of aromatic nitrogens is 1. The third kappa shape index (κ3) is 4.68. The number of rotatable bonds is 6. The van der Waals surface area contributed by atoms with Gasteiger partial charge in [0.1, 0.15) is 0 Å². The van der Waals surface area contributed by atoms with Gasteiger partial charge in [-0.1, -0.05) is 11.2 Å². The number of aryl methyl sites for hydroxylation is 1. The lowest BCUT2D eigenvalue weighted by Gasteiger charge is -2.12. The number of pyridine rings is 1. The first-order valence-corrected chi connectivity index (χ1v) is 6.97. The van der Waals surface area contributed by atoms with Crippen molar-refractivity contribution in [2.24, 2.45) is 10.9 Å². The van der Waals surface area contributed by atoms with Crippen LogP contribution in [0.15, 0.2) is 29.6 Å². The highest BCUT2D eigenvalue weighted by molar-refractivity contribution is 7.89. The average Bonchev–Trinajstić information content (AvgIpc) is 2.36. The van der Waals surface area contributed by atoms with Crippen LogP contribution in [0.5, 0.6) is 0 Å². The summed E-state index contributed by atoms with van der Waals surface area (Å²) >= 11 is 0. The molecule has 0 amide bonds. The van der Waals surface area contributed by atoms with Crippen LogP contribution in [-0.4, -0.2) is 36.2 Å². The van der Waals surface area contributed by atoms with Crippen molar-refractivity contribution < 1.29 is 13.6 Å². The van der Waals surface area contributed by atoms with Crippen LogP contribution in [0, 0.1) is 0 Å². The maximum Gasteiger partial charge on any atom is 0.212 e. The highest BCUT2D eigenvalue weighted by atomic mass is 32.2. The van der Waals surface area contributed by atoms with Crippen LogP contribution in [0.3, 0.4) is 0 Å². The maximum atomic E-state index is 11.7. The lowest BCUT2D eigenvalue weighted by Crippen LogP contribution is -2.43. The molecule has 1 heterocycles. The Kier molecular flexibility index (Phi) is 5.05. The Bertz CT molecular complexity index is 501.